The Morgan fingerprint density at radius 1 is 1.08 bits per heavy atom. The maximum atomic E-state index is 14.2. The van der Waals surface area contributed by atoms with E-state index >= 15 is 0 Å². The van der Waals surface area contributed by atoms with Crippen LogP contribution in [0.2, 0.25) is 0 Å². The van der Waals surface area contributed by atoms with Crippen LogP contribution in [-0.4, -0.2) is 65.8 Å². The van der Waals surface area contributed by atoms with Crippen LogP contribution in [0.3, 0.4) is 0 Å². The molecule has 5 aromatic rings. The quantitative estimate of drug-likeness (QED) is 0.159. The van der Waals surface area contributed by atoms with Crippen molar-refractivity contribution >= 4 is 40.0 Å². The van der Waals surface area contributed by atoms with Crippen molar-refractivity contribution in [1.29, 1.82) is 0 Å². The van der Waals surface area contributed by atoms with Gasteiger partial charge in [0.05, 0.1) is 18.2 Å². The number of ether oxygens (including phenoxy) is 1. The van der Waals surface area contributed by atoms with Crippen LogP contribution in [0.1, 0.15) is 53.3 Å². The molecular weight excluding hydrogens is 651 g/mol. The fourth-order valence-corrected chi connectivity index (χ4v) is 7.32. The third-order valence-electron chi connectivity index (χ3n) is 9.83. The van der Waals surface area contributed by atoms with Gasteiger partial charge in [-0.25, -0.2) is 14.5 Å². The van der Waals surface area contributed by atoms with Gasteiger partial charge in [0.25, 0.3) is 0 Å². The zero-order valence-corrected chi connectivity index (χ0v) is 28.1. The second-order valence-electron chi connectivity index (χ2n) is 13.3. The van der Waals surface area contributed by atoms with E-state index < -0.39 is 41.2 Å². The molecule has 2 amide bonds. The smallest absolute Gasteiger partial charge is 0.380 e. The number of nitrogens with zero attached hydrogens (tertiary/aromatic N) is 6. The molecule has 2 aliphatic rings. The molecule has 258 valence electrons. The van der Waals surface area contributed by atoms with Crippen LogP contribution in [-0.2, 0) is 33.7 Å². The zero-order chi connectivity index (χ0) is 35.9. The van der Waals surface area contributed by atoms with Crippen LogP contribution in [0.25, 0.3) is 27.7 Å². The Labute approximate surface area is 284 Å². The third kappa shape index (κ3) is 5.43. The molecule has 0 spiro atoms. The number of aromatic nitrogens is 5. The largest absolute Gasteiger partial charge is 0.433 e. The monoisotopic (exact) mass is 685 g/mol. The molecule has 50 heavy (non-hydrogen) atoms. The van der Waals surface area contributed by atoms with Gasteiger partial charge < -0.3 is 19.5 Å². The number of alkyl halides is 3. The molecule has 2 fully saturated rings. The van der Waals surface area contributed by atoms with Crippen LogP contribution in [0, 0.1) is 19.3 Å². The molecule has 4 aromatic heterocycles. The van der Waals surface area contributed by atoms with Gasteiger partial charge in [-0.1, -0.05) is 19.6 Å². The first-order chi connectivity index (χ1) is 23.6. The summed E-state index contributed by atoms with van der Waals surface area (Å²) in [5.74, 6) is -0.872. The van der Waals surface area contributed by atoms with Crippen LogP contribution in [0.4, 0.5) is 19.0 Å². The van der Waals surface area contributed by atoms with Crippen LogP contribution in [0.15, 0.2) is 60.9 Å². The first kappa shape index (κ1) is 33.1. The molecule has 7 rings (SSSR count). The van der Waals surface area contributed by atoms with Crippen molar-refractivity contribution in [3.63, 3.8) is 0 Å². The standard InChI is InChI=1S/C36H34F3N7O4/c1-18-11-24(22-8-10-29-40-21(4)43-45(29)14-22)12-25-26(20(3)47)15-44(31(18)25)16-30(48)46-27(13-35(5)19(2)32(35)46)34(49)42-33-23(17-50-6)7-9-28(41-33)36(37,38)39/h7-12,14-15,27,32H,2,13,16-17H2,1,3-6H3,(H,41,42,49)/t27-,32+,35-/m0/s1. The van der Waals surface area contributed by atoms with Gasteiger partial charge in [0.2, 0.25) is 11.8 Å². The van der Waals surface area contributed by atoms with E-state index in [0.717, 1.165) is 28.3 Å². The SMILES string of the molecule is C=C1[C@H]2N(C(=O)Cn3cc(C(C)=O)c4cc(-c5ccc6nc(C)nn6c5)cc(C)c43)[C@H](C(=O)Nc3nc(C(F)(F)F)ccc3COC)C[C@@]12C. The molecule has 1 aliphatic heterocycles. The highest BCUT2D eigenvalue weighted by Gasteiger charge is 2.67. The van der Waals surface area contributed by atoms with E-state index in [1.165, 1.54) is 25.0 Å². The predicted octanol–water partition coefficient (Wildman–Crippen LogP) is 5.91. The van der Waals surface area contributed by atoms with Crippen molar-refractivity contribution in [2.45, 2.75) is 65.5 Å². The number of halogens is 3. The summed E-state index contributed by atoms with van der Waals surface area (Å²) in [5.41, 5.74) is 3.76. The van der Waals surface area contributed by atoms with Gasteiger partial charge in [-0.05, 0) is 74.2 Å². The number of fused-ring (bicyclic) bond motifs is 3. The minimum Gasteiger partial charge on any atom is -0.380 e. The topological polar surface area (TPSA) is 124 Å². The van der Waals surface area contributed by atoms with Gasteiger partial charge in [0.15, 0.2) is 11.4 Å². The van der Waals surface area contributed by atoms with Crippen molar-refractivity contribution in [3.8, 4) is 11.1 Å². The normalized spacial score (nSPS) is 20.1. The Hall–Kier alpha value is -5.37. The minimum atomic E-state index is -4.73. The van der Waals surface area contributed by atoms with Crippen molar-refractivity contribution in [3.05, 3.63) is 89.2 Å². The second kappa shape index (κ2) is 11.6. The molecule has 11 nitrogen and oxygen atoms in total. The number of hydrogen-bond donors (Lipinski definition) is 1. The lowest BCUT2D eigenvalue weighted by atomic mass is 9.99. The van der Waals surface area contributed by atoms with Gasteiger partial charge >= 0.3 is 6.18 Å². The summed E-state index contributed by atoms with van der Waals surface area (Å²) in [6, 6.07) is 8.31. The highest BCUT2D eigenvalue weighted by atomic mass is 19.4. The molecule has 0 bridgehead atoms. The number of methoxy groups -OCH3 is 1. The van der Waals surface area contributed by atoms with E-state index in [1.54, 1.807) is 15.3 Å². The molecular formula is C36H34F3N7O4. The average molecular weight is 686 g/mol. The number of amides is 2. The van der Waals surface area contributed by atoms with Crippen LogP contribution >= 0.6 is 0 Å². The Bertz CT molecular complexity index is 2270. The first-order valence-corrected chi connectivity index (χ1v) is 16.0. The molecule has 1 saturated carbocycles. The van der Waals surface area contributed by atoms with E-state index in [2.05, 4.69) is 27.0 Å². The number of anilines is 1. The Kier molecular flexibility index (Phi) is 7.70. The fraction of sp³-hybridized carbons (Fsp3) is 0.333. The summed E-state index contributed by atoms with van der Waals surface area (Å²) in [6.07, 6.45) is -0.958. The van der Waals surface area contributed by atoms with E-state index in [1.807, 2.05) is 51.2 Å². The number of hydrogen-bond acceptors (Lipinski definition) is 7. The lowest BCUT2D eigenvalue weighted by Crippen LogP contribution is -2.47. The molecule has 5 heterocycles. The van der Waals surface area contributed by atoms with Gasteiger partial charge in [-0.2, -0.15) is 18.3 Å². The number of carbonyl (C=O) groups is 3. The lowest BCUT2D eigenvalue weighted by molar-refractivity contribution is -0.141. The maximum absolute atomic E-state index is 14.2. The highest BCUT2D eigenvalue weighted by molar-refractivity contribution is 6.09. The van der Waals surface area contributed by atoms with Gasteiger partial charge in [0.1, 0.15) is 29.9 Å². The predicted molar refractivity (Wildman–Crippen MR) is 178 cm³/mol. The van der Waals surface area contributed by atoms with Crippen molar-refractivity contribution < 1.29 is 32.3 Å². The van der Waals surface area contributed by atoms with Crippen LogP contribution in [0.5, 0.6) is 0 Å². The molecule has 1 saturated heterocycles. The lowest BCUT2D eigenvalue weighted by Gasteiger charge is -2.28. The second-order valence-corrected chi connectivity index (χ2v) is 13.3. The van der Waals surface area contributed by atoms with E-state index in [-0.39, 0.29) is 36.7 Å². The molecule has 14 heteroatoms. The van der Waals surface area contributed by atoms with E-state index in [9.17, 15) is 27.6 Å². The number of carbonyl (C=O) groups excluding carboxylic acids is 3. The Morgan fingerprint density at radius 3 is 2.54 bits per heavy atom. The summed E-state index contributed by atoms with van der Waals surface area (Å²) in [4.78, 5) is 50.4. The van der Waals surface area contributed by atoms with Gasteiger partial charge in [0, 0.05) is 47.0 Å². The van der Waals surface area contributed by atoms with Crippen LogP contribution < -0.4 is 5.32 Å². The number of Topliss-reactive ketones (excluding diaryl/α,β-unsaturated/α-hetero) is 1. The molecule has 3 atom stereocenters. The Morgan fingerprint density at radius 2 is 1.84 bits per heavy atom. The highest BCUT2D eigenvalue weighted by Crippen LogP contribution is 2.63. The zero-order valence-electron chi connectivity index (χ0n) is 28.1. The number of ketones is 1. The number of aryl methyl sites for hydroxylation is 2. The Balaban J connectivity index is 1.21. The number of nitrogens with one attached hydrogen (secondary N) is 1. The van der Waals surface area contributed by atoms with Crippen molar-refractivity contribution in [1.82, 2.24) is 29.0 Å². The van der Waals surface area contributed by atoms with E-state index in [4.69, 9.17) is 4.74 Å². The average Bonchev–Trinajstić information content (AvgIpc) is 3.45. The fourth-order valence-electron chi connectivity index (χ4n) is 7.32. The summed E-state index contributed by atoms with van der Waals surface area (Å²) in [6.45, 7) is 11.0. The third-order valence-corrected chi connectivity index (χ3v) is 9.83. The molecule has 1 aliphatic carbocycles. The van der Waals surface area contributed by atoms with Crippen molar-refractivity contribution in [2.24, 2.45) is 5.41 Å². The summed E-state index contributed by atoms with van der Waals surface area (Å²) >= 11 is 0. The molecule has 1 N–H and O–H groups in total. The number of benzene rings is 1. The minimum absolute atomic E-state index is 0.0831. The summed E-state index contributed by atoms with van der Waals surface area (Å²) in [5, 5.41) is 7.63. The maximum Gasteiger partial charge on any atom is 0.433 e. The number of piperidine rings is 1. The van der Waals surface area contributed by atoms with Gasteiger partial charge in [-0.3, -0.25) is 14.4 Å². The molecule has 1 aromatic carbocycles. The molecule has 0 unspecified atom stereocenters. The number of rotatable bonds is 8. The molecule has 0 radical (unpaired) electrons. The summed E-state index contributed by atoms with van der Waals surface area (Å²) in [7, 11) is 1.38. The number of pyridine rings is 2. The number of likely N-dealkylation sites (tertiary alicyclic amines) is 1. The first-order valence-electron chi connectivity index (χ1n) is 16.0. The van der Waals surface area contributed by atoms with Crippen molar-refractivity contribution in [2.75, 3.05) is 12.4 Å². The van der Waals surface area contributed by atoms with E-state index in [0.29, 0.717) is 27.9 Å². The summed E-state index contributed by atoms with van der Waals surface area (Å²) < 4.78 is 49.1. The van der Waals surface area contributed by atoms with Gasteiger partial charge in [-0.15, -0.1) is 0 Å².